The molecule has 0 unspecified atom stereocenters. The molecule has 0 saturated carbocycles. The molecular formula is C25H24F4N4O2S. The lowest BCUT2D eigenvalue weighted by atomic mass is 9.95. The van der Waals surface area contributed by atoms with Crippen molar-refractivity contribution in [2.24, 2.45) is 5.41 Å². The molecule has 0 aromatic heterocycles. The summed E-state index contributed by atoms with van der Waals surface area (Å²) in [4.78, 5) is 27.7. The van der Waals surface area contributed by atoms with E-state index in [9.17, 15) is 27.2 Å². The zero-order chi connectivity index (χ0) is 27.2. The van der Waals surface area contributed by atoms with Crippen molar-refractivity contribution in [1.82, 2.24) is 5.32 Å². The molecule has 1 heterocycles. The molecule has 2 aromatic rings. The SMILES string of the molecule is CC(C)(C)C(=O)NCc1ccc(N2C(=S)N(c3ccc(C#N)c(C(F)(F)F)c3)C(=O)C2(C)C)cc1F. The fourth-order valence-electron chi connectivity index (χ4n) is 3.72. The Hall–Kier alpha value is -3.52. The van der Waals surface area contributed by atoms with Gasteiger partial charge in [0.15, 0.2) is 5.11 Å². The third-order valence-electron chi connectivity index (χ3n) is 5.77. The first-order chi connectivity index (χ1) is 16.5. The molecule has 0 bridgehead atoms. The van der Waals surface area contributed by atoms with Crippen molar-refractivity contribution in [3.63, 3.8) is 0 Å². The van der Waals surface area contributed by atoms with Gasteiger partial charge in [-0.2, -0.15) is 18.4 Å². The van der Waals surface area contributed by atoms with Crippen molar-refractivity contribution in [3.05, 3.63) is 58.9 Å². The summed E-state index contributed by atoms with van der Waals surface area (Å²) in [6, 6.07) is 8.50. The number of nitrogens with zero attached hydrogens (tertiary/aromatic N) is 3. The first-order valence-corrected chi connectivity index (χ1v) is 11.3. The number of amides is 2. The zero-order valence-electron chi connectivity index (χ0n) is 20.2. The van der Waals surface area contributed by atoms with Gasteiger partial charge in [-0.05, 0) is 56.4 Å². The summed E-state index contributed by atoms with van der Waals surface area (Å²) >= 11 is 5.46. The van der Waals surface area contributed by atoms with Crippen LogP contribution in [0, 0.1) is 22.6 Å². The van der Waals surface area contributed by atoms with Crippen molar-refractivity contribution >= 4 is 40.5 Å². The van der Waals surface area contributed by atoms with E-state index in [-0.39, 0.29) is 34.5 Å². The van der Waals surface area contributed by atoms with Crippen molar-refractivity contribution in [3.8, 4) is 6.07 Å². The molecule has 0 atom stereocenters. The van der Waals surface area contributed by atoms with E-state index in [2.05, 4.69) is 5.32 Å². The molecule has 1 aliphatic heterocycles. The number of halogens is 4. The van der Waals surface area contributed by atoms with Crippen LogP contribution in [-0.4, -0.2) is 22.5 Å². The summed E-state index contributed by atoms with van der Waals surface area (Å²) < 4.78 is 55.4. The molecule has 2 amide bonds. The fraction of sp³-hybridized carbons (Fsp3) is 0.360. The summed E-state index contributed by atoms with van der Waals surface area (Å²) in [6.07, 6.45) is -4.82. The van der Waals surface area contributed by atoms with E-state index in [1.54, 1.807) is 20.8 Å². The fourth-order valence-corrected chi connectivity index (χ4v) is 4.24. The summed E-state index contributed by atoms with van der Waals surface area (Å²) in [6.45, 7) is 8.18. The molecule has 1 saturated heterocycles. The van der Waals surface area contributed by atoms with Gasteiger partial charge >= 0.3 is 6.18 Å². The Morgan fingerprint density at radius 3 is 2.25 bits per heavy atom. The molecule has 0 spiro atoms. The van der Waals surface area contributed by atoms with Crippen molar-refractivity contribution in [1.29, 1.82) is 5.26 Å². The van der Waals surface area contributed by atoms with E-state index in [0.717, 1.165) is 17.0 Å². The number of anilines is 2. The van der Waals surface area contributed by atoms with Crippen LogP contribution in [0.25, 0.3) is 0 Å². The van der Waals surface area contributed by atoms with Crippen LogP contribution in [0.1, 0.15) is 51.3 Å². The maximum Gasteiger partial charge on any atom is 0.417 e. The van der Waals surface area contributed by atoms with Crippen LogP contribution >= 0.6 is 12.2 Å². The van der Waals surface area contributed by atoms with Gasteiger partial charge in [-0.25, -0.2) is 4.39 Å². The van der Waals surface area contributed by atoms with E-state index < -0.39 is 40.0 Å². The molecule has 36 heavy (non-hydrogen) atoms. The molecule has 11 heteroatoms. The molecule has 1 fully saturated rings. The number of nitrogens with one attached hydrogen (secondary N) is 1. The van der Waals surface area contributed by atoms with Gasteiger partial charge in [-0.3, -0.25) is 14.5 Å². The van der Waals surface area contributed by atoms with Crippen LogP contribution in [0.15, 0.2) is 36.4 Å². The Kier molecular flexibility index (Phi) is 6.89. The van der Waals surface area contributed by atoms with Crippen LogP contribution in [-0.2, 0) is 22.3 Å². The number of hydrogen-bond donors (Lipinski definition) is 1. The lowest BCUT2D eigenvalue weighted by Gasteiger charge is -2.29. The molecule has 0 aliphatic carbocycles. The highest BCUT2D eigenvalue weighted by Gasteiger charge is 2.50. The predicted octanol–water partition coefficient (Wildman–Crippen LogP) is 5.30. The predicted molar refractivity (Wildman–Crippen MR) is 131 cm³/mol. The number of benzene rings is 2. The molecule has 3 rings (SSSR count). The zero-order valence-corrected chi connectivity index (χ0v) is 21.1. The number of alkyl halides is 3. The van der Waals surface area contributed by atoms with E-state index in [4.69, 9.17) is 17.5 Å². The maximum absolute atomic E-state index is 14.9. The minimum absolute atomic E-state index is 0.0490. The second kappa shape index (κ2) is 9.17. The van der Waals surface area contributed by atoms with Gasteiger partial charge < -0.3 is 10.2 Å². The molecule has 1 aliphatic rings. The molecule has 2 aromatic carbocycles. The lowest BCUT2D eigenvalue weighted by Crippen LogP contribution is -2.44. The Morgan fingerprint density at radius 2 is 1.72 bits per heavy atom. The highest BCUT2D eigenvalue weighted by atomic mass is 32.1. The first-order valence-electron chi connectivity index (χ1n) is 10.9. The van der Waals surface area contributed by atoms with Gasteiger partial charge in [0.1, 0.15) is 11.4 Å². The van der Waals surface area contributed by atoms with E-state index >= 15 is 0 Å². The number of hydrogen-bond acceptors (Lipinski definition) is 4. The van der Waals surface area contributed by atoms with Gasteiger partial charge in [0.05, 0.1) is 22.9 Å². The Balaban J connectivity index is 1.96. The van der Waals surface area contributed by atoms with Crippen LogP contribution in [0.3, 0.4) is 0 Å². The largest absolute Gasteiger partial charge is 0.417 e. The first kappa shape index (κ1) is 27.1. The summed E-state index contributed by atoms with van der Waals surface area (Å²) in [5.41, 5.74) is -3.51. The highest BCUT2D eigenvalue weighted by molar-refractivity contribution is 7.81. The van der Waals surface area contributed by atoms with Crippen molar-refractivity contribution in [2.75, 3.05) is 9.80 Å². The summed E-state index contributed by atoms with van der Waals surface area (Å²) in [7, 11) is 0. The molecule has 1 N–H and O–H groups in total. The lowest BCUT2D eigenvalue weighted by molar-refractivity contribution is -0.137. The smallest absolute Gasteiger partial charge is 0.351 e. The third-order valence-corrected chi connectivity index (χ3v) is 6.14. The molecule has 6 nitrogen and oxygen atoms in total. The number of carbonyl (C=O) groups is 2. The van der Waals surface area contributed by atoms with Gasteiger partial charge in [0, 0.05) is 23.2 Å². The van der Waals surface area contributed by atoms with E-state index in [0.29, 0.717) is 6.07 Å². The summed E-state index contributed by atoms with van der Waals surface area (Å²) in [5, 5.41) is 11.6. The molecule has 0 radical (unpaired) electrons. The van der Waals surface area contributed by atoms with E-state index in [1.165, 1.54) is 43.0 Å². The minimum Gasteiger partial charge on any atom is -0.351 e. The quantitative estimate of drug-likeness (QED) is 0.438. The monoisotopic (exact) mass is 520 g/mol. The normalized spacial score (nSPS) is 15.8. The summed E-state index contributed by atoms with van der Waals surface area (Å²) in [5.74, 6) is -1.52. The highest BCUT2D eigenvalue weighted by Crippen LogP contribution is 2.39. The number of rotatable bonds is 4. The van der Waals surface area contributed by atoms with Gasteiger partial charge in [-0.15, -0.1) is 0 Å². The maximum atomic E-state index is 14.9. The van der Waals surface area contributed by atoms with Crippen LogP contribution in [0.2, 0.25) is 0 Å². The van der Waals surface area contributed by atoms with E-state index in [1.807, 2.05) is 0 Å². The van der Waals surface area contributed by atoms with Crippen molar-refractivity contribution < 1.29 is 27.2 Å². The van der Waals surface area contributed by atoms with Gasteiger partial charge in [0.2, 0.25) is 5.91 Å². The average Bonchev–Trinajstić information content (AvgIpc) is 2.94. The Labute approximate surface area is 211 Å². The Morgan fingerprint density at radius 1 is 1.11 bits per heavy atom. The van der Waals surface area contributed by atoms with Gasteiger partial charge in [0.25, 0.3) is 5.91 Å². The molecular weight excluding hydrogens is 496 g/mol. The number of carbonyl (C=O) groups excluding carboxylic acids is 2. The standard InChI is InChI=1S/C25H24F4N4O2S/c1-23(2,3)20(34)31-13-15-7-9-17(11-19(15)26)33-22(36)32(21(35)24(33,4)5)16-8-6-14(12-30)18(10-16)25(27,28)29/h6-11H,13H2,1-5H3,(H,31,34). The second-order valence-corrected chi connectivity index (χ2v) is 10.2. The number of thiocarbonyl (C=S) groups is 1. The van der Waals surface area contributed by atoms with Crippen LogP contribution in [0.4, 0.5) is 28.9 Å². The average molecular weight is 521 g/mol. The number of nitriles is 1. The topological polar surface area (TPSA) is 76.4 Å². The van der Waals surface area contributed by atoms with Crippen LogP contribution in [0.5, 0.6) is 0 Å². The van der Waals surface area contributed by atoms with Crippen LogP contribution < -0.4 is 15.1 Å². The van der Waals surface area contributed by atoms with Gasteiger partial charge in [-0.1, -0.05) is 26.8 Å². The Bertz CT molecular complexity index is 1290. The molecule has 190 valence electrons. The van der Waals surface area contributed by atoms with Crippen molar-refractivity contribution in [2.45, 2.75) is 52.9 Å². The third kappa shape index (κ3) is 4.91. The second-order valence-electron chi connectivity index (χ2n) is 9.87. The minimum atomic E-state index is -4.82.